The Bertz CT molecular complexity index is 746. The van der Waals surface area contributed by atoms with Gasteiger partial charge in [-0.05, 0) is 61.1 Å². The molecule has 1 aliphatic rings. The van der Waals surface area contributed by atoms with Crippen molar-refractivity contribution in [1.82, 2.24) is 4.90 Å². The molecule has 0 radical (unpaired) electrons. The normalized spacial score (nSPS) is 19.3. The quantitative estimate of drug-likeness (QED) is 0.565. The van der Waals surface area contributed by atoms with E-state index in [4.69, 9.17) is 27.9 Å². The summed E-state index contributed by atoms with van der Waals surface area (Å²) < 4.78 is 5.59. The summed E-state index contributed by atoms with van der Waals surface area (Å²) in [4.78, 5) is 14.1. The first kappa shape index (κ1) is 19.1. The van der Waals surface area contributed by atoms with Crippen LogP contribution in [0.15, 0.2) is 48.5 Å². The zero-order chi connectivity index (χ0) is 18.7. The van der Waals surface area contributed by atoms with E-state index in [9.17, 15) is 4.79 Å². The minimum Gasteiger partial charge on any atom is -0.444 e. The van der Waals surface area contributed by atoms with Gasteiger partial charge in [0.05, 0.1) is 12.6 Å². The summed E-state index contributed by atoms with van der Waals surface area (Å²) in [6.07, 6.45) is 1.51. The van der Waals surface area contributed by atoms with Crippen LogP contribution in [0.2, 0.25) is 10.0 Å². The van der Waals surface area contributed by atoms with Gasteiger partial charge in [0, 0.05) is 10.0 Å². The van der Waals surface area contributed by atoms with Crippen molar-refractivity contribution >= 4 is 29.3 Å². The molecule has 5 heteroatoms. The molecule has 3 nitrogen and oxygen atoms in total. The van der Waals surface area contributed by atoms with Crippen molar-refractivity contribution in [3.63, 3.8) is 0 Å². The standard InChI is InChI=1S/C21H23Cl2NO2/c1-14(16-4-8-18(22)9-5-16)3-12-20-13-24(21(25)26-20)15(2)17-6-10-19(23)11-7-17/h4-11,14-15,20H,3,12-13H2,1-2H3/t14-,15+,20-/m1/s1. The van der Waals surface area contributed by atoms with Crippen molar-refractivity contribution in [3.05, 3.63) is 69.7 Å². The zero-order valence-electron chi connectivity index (χ0n) is 15.0. The van der Waals surface area contributed by atoms with E-state index in [1.165, 1.54) is 5.56 Å². The van der Waals surface area contributed by atoms with E-state index in [1.807, 2.05) is 43.3 Å². The van der Waals surface area contributed by atoms with Crippen LogP contribution in [0.5, 0.6) is 0 Å². The third kappa shape index (κ3) is 4.52. The van der Waals surface area contributed by atoms with E-state index in [0.717, 1.165) is 23.4 Å². The van der Waals surface area contributed by atoms with Gasteiger partial charge in [-0.15, -0.1) is 0 Å². The number of carbonyl (C=O) groups excluding carboxylic acids is 1. The fraction of sp³-hybridized carbons (Fsp3) is 0.381. The van der Waals surface area contributed by atoms with Gasteiger partial charge in [0.15, 0.2) is 0 Å². The number of carbonyl (C=O) groups is 1. The van der Waals surface area contributed by atoms with Crippen LogP contribution in [-0.4, -0.2) is 23.6 Å². The van der Waals surface area contributed by atoms with Crippen molar-refractivity contribution < 1.29 is 9.53 Å². The summed E-state index contributed by atoms with van der Waals surface area (Å²) in [6.45, 7) is 4.83. The van der Waals surface area contributed by atoms with Crippen LogP contribution in [0.3, 0.4) is 0 Å². The van der Waals surface area contributed by atoms with Crippen LogP contribution in [0.25, 0.3) is 0 Å². The highest BCUT2D eigenvalue weighted by Crippen LogP contribution is 2.30. The number of nitrogens with zero attached hydrogens (tertiary/aromatic N) is 1. The fourth-order valence-electron chi connectivity index (χ4n) is 3.32. The van der Waals surface area contributed by atoms with Crippen LogP contribution in [-0.2, 0) is 4.74 Å². The molecular formula is C21H23Cl2NO2. The van der Waals surface area contributed by atoms with Crippen LogP contribution in [0.1, 0.15) is 49.8 Å². The minimum atomic E-state index is -0.239. The van der Waals surface area contributed by atoms with Gasteiger partial charge >= 0.3 is 6.09 Å². The van der Waals surface area contributed by atoms with Crippen LogP contribution in [0.4, 0.5) is 4.79 Å². The average molecular weight is 392 g/mol. The Morgan fingerprint density at radius 3 is 2.12 bits per heavy atom. The molecule has 0 spiro atoms. The molecule has 138 valence electrons. The minimum absolute atomic E-state index is 0.0292. The van der Waals surface area contributed by atoms with Gasteiger partial charge in [0.25, 0.3) is 0 Å². The number of amides is 1. The molecule has 0 N–H and O–H groups in total. The third-order valence-electron chi connectivity index (χ3n) is 5.08. The smallest absolute Gasteiger partial charge is 0.410 e. The number of hydrogen-bond donors (Lipinski definition) is 0. The van der Waals surface area contributed by atoms with Crippen molar-refractivity contribution in [2.45, 2.75) is 44.8 Å². The molecular weight excluding hydrogens is 369 g/mol. The molecule has 1 saturated heterocycles. The second-order valence-electron chi connectivity index (χ2n) is 6.92. The van der Waals surface area contributed by atoms with E-state index in [2.05, 4.69) is 19.1 Å². The summed E-state index contributed by atoms with van der Waals surface area (Å²) in [5.41, 5.74) is 2.31. The number of cyclic esters (lactones) is 1. The van der Waals surface area contributed by atoms with Gasteiger partial charge in [-0.1, -0.05) is 54.4 Å². The molecule has 1 fully saturated rings. The Hall–Kier alpha value is -1.71. The third-order valence-corrected chi connectivity index (χ3v) is 5.59. The first-order valence-corrected chi connectivity index (χ1v) is 9.68. The Morgan fingerprint density at radius 2 is 1.54 bits per heavy atom. The second-order valence-corrected chi connectivity index (χ2v) is 7.79. The van der Waals surface area contributed by atoms with Crippen LogP contribution in [0, 0.1) is 0 Å². The molecule has 1 heterocycles. The average Bonchev–Trinajstić information content (AvgIpc) is 3.01. The Morgan fingerprint density at radius 1 is 1.00 bits per heavy atom. The molecule has 0 aromatic heterocycles. The molecule has 3 atom stereocenters. The molecule has 1 aliphatic heterocycles. The highest BCUT2D eigenvalue weighted by molar-refractivity contribution is 6.30. The summed E-state index contributed by atoms with van der Waals surface area (Å²) in [5, 5.41) is 1.44. The number of halogens is 2. The lowest BCUT2D eigenvalue weighted by Gasteiger charge is -2.22. The van der Waals surface area contributed by atoms with Gasteiger partial charge in [0.2, 0.25) is 0 Å². The number of ether oxygens (including phenoxy) is 1. The van der Waals surface area contributed by atoms with E-state index < -0.39 is 0 Å². The van der Waals surface area contributed by atoms with E-state index in [0.29, 0.717) is 17.5 Å². The van der Waals surface area contributed by atoms with E-state index >= 15 is 0 Å². The van der Waals surface area contributed by atoms with Crippen molar-refractivity contribution in [2.24, 2.45) is 0 Å². The molecule has 26 heavy (non-hydrogen) atoms. The summed E-state index contributed by atoms with van der Waals surface area (Å²) >= 11 is 11.9. The highest BCUT2D eigenvalue weighted by Gasteiger charge is 2.34. The largest absolute Gasteiger partial charge is 0.444 e. The molecule has 0 bridgehead atoms. The SMILES string of the molecule is C[C@H](CC[C@@H]1CN([C@@H](C)c2ccc(Cl)cc2)C(=O)O1)c1ccc(Cl)cc1. The molecule has 0 saturated carbocycles. The zero-order valence-corrected chi connectivity index (χ0v) is 16.5. The highest BCUT2D eigenvalue weighted by atomic mass is 35.5. The Balaban J connectivity index is 1.55. The molecule has 2 aromatic carbocycles. The Labute approximate surface area is 164 Å². The van der Waals surface area contributed by atoms with Gasteiger partial charge < -0.3 is 4.74 Å². The summed E-state index contributed by atoms with van der Waals surface area (Å²) in [7, 11) is 0. The first-order valence-electron chi connectivity index (χ1n) is 8.92. The number of benzene rings is 2. The maximum atomic E-state index is 12.3. The lowest BCUT2D eigenvalue weighted by Crippen LogP contribution is -2.28. The molecule has 0 aliphatic carbocycles. The van der Waals surface area contributed by atoms with Gasteiger partial charge in [0.1, 0.15) is 6.10 Å². The number of hydrogen-bond acceptors (Lipinski definition) is 2. The molecule has 0 unspecified atom stereocenters. The van der Waals surface area contributed by atoms with Gasteiger partial charge in [-0.2, -0.15) is 0 Å². The molecule has 1 amide bonds. The fourth-order valence-corrected chi connectivity index (χ4v) is 3.57. The van der Waals surface area contributed by atoms with E-state index in [-0.39, 0.29) is 18.2 Å². The number of rotatable bonds is 6. The first-order chi connectivity index (χ1) is 12.4. The van der Waals surface area contributed by atoms with Crippen LogP contribution >= 0.6 is 23.2 Å². The van der Waals surface area contributed by atoms with Crippen molar-refractivity contribution in [1.29, 1.82) is 0 Å². The lowest BCUT2D eigenvalue weighted by molar-refractivity contribution is 0.124. The monoisotopic (exact) mass is 391 g/mol. The lowest BCUT2D eigenvalue weighted by atomic mass is 9.95. The maximum absolute atomic E-state index is 12.3. The van der Waals surface area contributed by atoms with E-state index in [1.54, 1.807) is 4.90 Å². The predicted octanol–water partition coefficient (Wildman–Crippen LogP) is 6.46. The maximum Gasteiger partial charge on any atom is 0.410 e. The van der Waals surface area contributed by atoms with Gasteiger partial charge in [-0.3, -0.25) is 4.90 Å². The molecule has 2 aromatic rings. The van der Waals surface area contributed by atoms with Crippen molar-refractivity contribution in [3.8, 4) is 0 Å². The topological polar surface area (TPSA) is 29.5 Å². The second kappa shape index (κ2) is 8.32. The van der Waals surface area contributed by atoms with Crippen molar-refractivity contribution in [2.75, 3.05) is 6.54 Å². The predicted molar refractivity (Wildman–Crippen MR) is 106 cm³/mol. The summed E-state index contributed by atoms with van der Waals surface area (Å²) in [5.74, 6) is 0.397. The van der Waals surface area contributed by atoms with Crippen LogP contribution < -0.4 is 0 Å². The molecule has 3 rings (SSSR count). The van der Waals surface area contributed by atoms with Gasteiger partial charge in [-0.25, -0.2) is 4.79 Å². The Kier molecular flexibility index (Phi) is 6.10. The summed E-state index contributed by atoms with van der Waals surface area (Å²) in [6, 6.07) is 15.5.